The summed E-state index contributed by atoms with van der Waals surface area (Å²) in [4.78, 5) is 58.6. The summed E-state index contributed by atoms with van der Waals surface area (Å²) in [6.45, 7) is 0.0664. The molecule has 5 aliphatic rings. The molecule has 0 radical (unpaired) electrons. The first-order chi connectivity index (χ1) is 25.4. The van der Waals surface area contributed by atoms with Gasteiger partial charge in [-0.25, -0.2) is 4.90 Å². The minimum absolute atomic E-state index is 0.0332. The van der Waals surface area contributed by atoms with Crippen LogP contribution in [0.1, 0.15) is 22.3 Å². The Morgan fingerprint density at radius 1 is 0.577 bits per heavy atom. The third-order valence-electron chi connectivity index (χ3n) is 11.1. The van der Waals surface area contributed by atoms with Crippen molar-refractivity contribution in [3.8, 4) is 23.0 Å². The molecule has 1 saturated carbocycles. The number of carbonyl (C=O) groups is 3. The van der Waals surface area contributed by atoms with E-state index in [1.807, 2.05) is 84.9 Å². The van der Waals surface area contributed by atoms with Crippen molar-refractivity contribution in [3.63, 3.8) is 0 Å². The van der Waals surface area contributed by atoms with Crippen LogP contribution in [-0.4, -0.2) is 36.1 Å². The van der Waals surface area contributed by atoms with Gasteiger partial charge in [0, 0.05) is 12.1 Å². The monoisotopic (exact) mass is 690 g/mol. The molecular formula is C41H26N2O9. The van der Waals surface area contributed by atoms with Crippen LogP contribution in [0.25, 0.3) is 11.1 Å². The fourth-order valence-corrected chi connectivity index (χ4v) is 9.21. The van der Waals surface area contributed by atoms with E-state index >= 15 is 14.4 Å². The molecule has 1 saturated heterocycles. The fourth-order valence-electron chi connectivity index (χ4n) is 9.21. The zero-order valence-corrected chi connectivity index (χ0v) is 27.2. The van der Waals surface area contributed by atoms with Crippen LogP contribution in [0.3, 0.4) is 0 Å². The summed E-state index contributed by atoms with van der Waals surface area (Å²) in [6, 6.07) is 34.5. The Balaban J connectivity index is 1.34. The first-order valence-electron chi connectivity index (χ1n) is 16.7. The smallest absolute Gasteiger partial charge is 0.269 e. The number of hydrogen-bond donors (Lipinski definition) is 0. The molecule has 11 nitrogen and oxygen atoms in total. The molecule has 0 N–H and O–H groups in total. The highest BCUT2D eigenvalue weighted by molar-refractivity contribution is 6.39. The van der Waals surface area contributed by atoms with Crippen molar-refractivity contribution in [2.24, 2.45) is 11.8 Å². The van der Waals surface area contributed by atoms with E-state index in [9.17, 15) is 10.1 Å². The number of Topliss-reactive ketones (excluding diaryl/α,β-unsaturated/α-hetero) is 1. The lowest BCUT2D eigenvalue weighted by atomic mass is 9.59. The van der Waals surface area contributed by atoms with Crippen molar-refractivity contribution in [2.75, 3.05) is 18.5 Å². The van der Waals surface area contributed by atoms with Crippen LogP contribution >= 0.6 is 0 Å². The summed E-state index contributed by atoms with van der Waals surface area (Å²) in [6.07, 6.45) is 0. The van der Waals surface area contributed by atoms with Crippen molar-refractivity contribution in [2.45, 2.75) is 10.8 Å². The van der Waals surface area contributed by atoms with Crippen LogP contribution in [0.15, 0.2) is 121 Å². The third kappa shape index (κ3) is 3.66. The Kier molecular flexibility index (Phi) is 6.15. The predicted molar refractivity (Wildman–Crippen MR) is 186 cm³/mol. The van der Waals surface area contributed by atoms with Gasteiger partial charge in [0.15, 0.2) is 28.8 Å². The number of nitro groups is 1. The lowest BCUT2D eigenvalue weighted by molar-refractivity contribution is -0.384. The van der Waals surface area contributed by atoms with Crippen molar-refractivity contribution in [3.05, 3.63) is 154 Å². The van der Waals surface area contributed by atoms with E-state index in [-0.39, 0.29) is 30.7 Å². The summed E-state index contributed by atoms with van der Waals surface area (Å²) in [7, 11) is 0. The number of non-ortho nitro benzene ring substituents is 1. The Bertz CT molecular complexity index is 2290. The first-order valence-corrected chi connectivity index (χ1v) is 16.7. The molecule has 10 rings (SSSR count). The van der Waals surface area contributed by atoms with Gasteiger partial charge in [-0.3, -0.25) is 24.5 Å². The molecule has 5 aromatic carbocycles. The lowest BCUT2D eigenvalue weighted by Gasteiger charge is -2.39. The van der Waals surface area contributed by atoms with E-state index in [4.69, 9.17) is 18.9 Å². The highest BCUT2D eigenvalue weighted by Gasteiger charge is 2.82. The van der Waals surface area contributed by atoms with Gasteiger partial charge in [0.25, 0.3) is 5.69 Å². The van der Waals surface area contributed by atoms with Crippen molar-refractivity contribution >= 4 is 40.1 Å². The van der Waals surface area contributed by atoms with Crippen LogP contribution < -0.4 is 23.8 Å². The minimum atomic E-state index is -1.66. The number of benzene rings is 5. The number of ether oxygens (including phenoxy) is 4. The first kappa shape index (κ1) is 30.1. The molecule has 2 aliphatic carbocycles. The molecule has 0 spiro atoms. The van der Waals surface area contributed by atoms with Gasteiger partial charge >= 0.3 is 0 Å². The van der Waals surface area contributed by atoms with E-state index in [1.54, 1.807) is 12.1 Å². The Morgan fingerprint density at radius 2 is 1.02 bits per heavy atom. The highest BCUT2D eigenvalue weighted by atomic mass is 16.7. The fraction of sp³-hybridized carbons (Fsp3) is 0.146. The number of hydrogen-bond acceptors (Lipinski definition) is 9. The largest absolute Gasteiger partial charge is 0.454 e. The maximum atomic E-state index is 16.2. The molecule has 2 amide bonds. The number of amides is 2. The van der Waals surface area contributed by atoms with Gasteiger partial charge in [-0.15, -0.1) is 0 Å². The van der Waals surface area contributed by atoms with Crippen molar-refractivity contribution in [1.29, 1.82) is 0 Å². The Morgan fingerprint density at radius 3 is 1.46 bits per heavy atom. The quantitative estimate of drug-likeness (QED) is 0.115. The second-order valence-electron chi connectivity index (χ2n) is 13.3. The van der Waals surface area contributed by atoms with Gasteiger partial charge in [-0.05, 0) is 69.8 Å². The van der Waals surface area contributed by atoms with E-state index in [0.717, 1.165) is 4.90 Å². The molecule has 2 bridgehead atoms. The average Bonchev–Trinajstić information content (AvgIpc) is 3.98. The minimum Gasteiger partial charge on any atom is -0.454 e. The van der Waals surface area contributed by atoms with Crippen LogP contribution in [-0.2, 0) is 25.2 Å². The van der Waals surface area contributed by atoms with E-state index in [2.05, 4.69) is 0 Å². The summed E-state index contributed by atoms with van der Waals surface area (Å²) in [5, 5.41) is 11.5. The van der Waals surface area contributed by atoms with Gasteiger partial charge in [0.1, 0.15) is 0 Å². The average molecular weight is 691 g/mol. The summed E-state index contributed by atoms with van der Waals surface area (Å²) in [5.74, 6) is -1.72. The number of carbonyl (C=O) groups excluding carboxylic acids is 3. The van der Waals surface area contributed by atoms with Gasteiger partial charge in [-0.1, -0.05) is 72.8 Å². The van der Waals surface area contributed by atoms with Crippen LogP contribution in [0, 0.1) is 22.0 Å². The predicted octanol–water partition coefficient (Wildman–Crippen LogP) is 6.24. The van der Waals surface area contributed by atoms with Crippen molar-refractivity contribution < 1.29 is 38.3 Å². The number of ketones is 1. The van der Waals surface area contributed by atoms with E-state index in [1.165, 1.54) is 24.3 Å². The third-order valence-corrected chi connectivity index (χ3v) is 11.1. The Labute approximate surface area is 295 Å². The normalized spacial score (nSPS) is 24.9. The van der Waals surface area contributed by atoms with Crippen LogP contribution in [0.5, 0.6) is 23.0 Å². The molecule has 5 aromatic rings. The second kappa shape index (κ2) is 10.6. The molecule has 254 valence electrons. The topological polar surface area (TPSA) is 135 Å². The zero-order chi connectivity index (χ0) is 35.4. The van der Waals surface area contributed by atoms with Gasteiger partial charge < -0.3 is 18.9 Å². The van der Waals surface area contributed by atoms with Crippen LogP contribution in [0.2, 0.25) is 0 Å². The van der Waals surface area contributed by atoms with Gasteiger partial charge in [-0.2, -0.15) is 0 Å². The summed E-state index contributed by atoms with van der Waals surface area (Å²) in [5.41, 5.74) is 0.173. The number of rotatable bonds is 6. The number of nitrogens with zero attached hydrogens (tertiary/aromatic N) is 2. The van der Waals surface area contributed by atoms with E-state index in [0.29, 0.717) is 56.4 Å². The molecule has 52 heavy (non-hydrogen) atoms. The number of nitro benzene ring substituents is 1. The molecule has 11 heteroatoms. The van der Waals surface area contributed by atoms with Gasteiger partial charge in [0.2, 0.25) is 25.4 Å². The molecule has 2 fully saturated rings. The zero-order valence-electron chi connectivity index (χ0n) is 27.2. The Hall–Kier alpha value is -6.75. The summed E-state index contributed by atoms with van der Waals surface area (Å²) >= 11 is 0. The standard InChI is InChI=1S/C41H26N2O9/c44-37-35-36(38(45)42(37)27-13-15-28(16-14-27)43(47)48)41(26-9-5-2-6-10-26)34(24-12-18-30-32(20-24)52-22-50-30)33(23-11-17-29-31(19-23)51-21-49-29)40(35,39(41)46)25-7-3-1-4-8-25/h1-20,35-36H,21-22H2/t35-,36+,40-,41-/m0/s1. The molecule has 3 heterocycles. The summed E-state index contributed by atoms with van der Waals surface area (Å²) < 4.78 is 23.0. The number of anilines is 1. The molecule has 3 aliphatic heterocycles. The maximum absolute atomic E-state index is 16.2. The lowest BCUT2D eigenvalue weighted by Crippen LogP contribution is -2.45. The highest BCUT2D eigenvalue weighted by Crippen LogP contribution is 2.74. The second-order valence-corrected chi connectivity index (χ2v) is 13.3. The van der Waals surface area contributed by atoms with E-state index < -0.39 is 39.4 Å². The number of allylic oxidation sites excluding steroid dienone is 2. The molecular weight excluding hydrogens is 664 g/mol. The number of fused-ring (bicyclic) bond motifs is 7. The van der Waals surface area contributed by atoms with Crippen LogP contribution in [0.4, 0.5) is 11.4 Å². The molecule has 4 atom stereocenters. The SMILES string of the molecule is O=C1[C@@H]2[C@H](C(=O)N1c1ccc([N+](=O)[O-])cc1)[C@@]1(c3ccccc3)C(=O)[C@@]2(c2ccccc2)C(c2ccc3c(c2)OCO3)=C1c1ccc2c(c1)OCO2. The van der Waals surface area contributed by atoms with Gasteiger partial charge in [0.05, 0.1) is 33.3 Å². The van der Waals surface area contributed by atoms with Crippen molar-refractivity contribution in [1.82, 2.24) is 0 Å². The molecule has 0 aromatic heterocycles. The maximum Gasteiger partial charge on any atom is 0.269 e. The number of imide groups is 1. The molecule has 0 unspecified atom stereocenters.